The summed E-state index contributed by atoms with van der Waals surface area (Å²) < 4.78 is 8.19. The molecule has 0 aliphatic carbocycles. The summed E-state index contributed by atoms with van der Waals surface area (Å²) in [6.07, 6.45) is 0. The van der Waals surface area contributed by atoms with Crippen LogP contribution in [0.2, 0.25) is 0 Å². The summed E-state index contributed by atoms with van der Waals surface area (Å²) >= 11 is 7.84. The fourth-order valence-corrected chi connectivity index (χ4v) is 16.9. The Morgan fingerprint density at radius 3 is 1.19 bits per heavy atom. The lowest BCUT2D eigenvalue weighted by molar-refractivity contribution is 0.590. The quantitative estimate of drug-likeness (QED) is 0.162. The Bertz CT molecular complexity index is 3800. The predicted molar refractivity (Wildman–Crippen MR) is 328 cm³/mol. The SMILES string of the molecule is Cc1ccc(-c2cc3ccccc3s2)c(C)c1N1c2cc(C(C)(C)C)cc3c2B(c2sc4ccc(C(C)(C)C)cc4c21)c1sc2ccc(C(C)(C)C)cc2c1N3c1c(C)ccc(-c2cc3ccccc3s2)c1C. The molecule has 2 aliphatic heterocycles. The molecule has 7 aromatic carbocycles. The molecule has 0 atom stereocenters. The smallest absolute Gasteiger partial charge is 0.277 e. The average molecular weight is 1020 g/mol. The van der Waals surface area contributed by atoms with Crippen LogP contribution in [0.15, 0.2) is 133 Å². The van der Waals surface area contributed by atoms with Crippen LogP contribution >= 0.6 is 45.3 Å². The van der Waals surface area contributed by atoms with Gasteiger partial charge >= 0.3 is 0 Å². The van der Waals surface area contributed by atoms with Crippen LogP contribution in [0, 0.1) is 27.7 Å². The summed E-state index contributed by atoms with van der Waals surface area (Å²) in [6, 6.07) is 51.9. The van der Waals surface area contributed by atoms with Crippen molar-refractivity contribution in [1.29, 1.82) is 0 Å². The van der Waals surface area contributed by atoms with Crippen molar-refractivity contribution in [2.45, 2.75) is 106 Å². The van der Waals surface area contributed by atoms with Gasteiger partial charge in [-0.15, -0.1) is 45.3 Å². The number of benzene rings is 7. The van der Waals surface area contributed by atoms with E-state index in [9.17, 15) is 0 Å². The molecule has 0 amide bonds. The molecule has 0 N–H and O–H groups in total. The van der Waals surface area contributed by atoms with Crippen molar-refractivity contribution in [2.75, 3.05) is 9.80 Å². The Morgan fingerprint density at radius 1 is 0.384 bits per heavy atom. The van der Waals surface area contributed by atoms with E-state index >= 15 is 0 Å². The lowest BCUT2D eigenvalue weighted by Gasteiger charge is -2.44. The van der Waals surface area contributed by atoms with E-state index in [1.165, 1.54) is 149 Å². The first-order chi connectivity index (χ1) is 34.7. The number of nitrogens with zero attached hydrogens (tertiary/aromatic N) is 2. The molecule has 4 aromatic heterocycles. The van der Waals surface area contributed by atoms with Crippen molar-refractivity contribution in [1.82, 2.24) is 0 Å². The molecular formula is C66H61BN2S4. The first kappa shape index (κ1) is 46.8. The van der Waals surface area contributed by atoms with Crippen LogP contribution in [-0.2, 0) is 16.2 Å². The van der Waals surface area contributed by atoms with Gasteiger partial charge in [0.1, 0.15) is 0 Å². The van der Waals surface area contributed by atoms with Crippen molar-refractivity contribution >= 4 is 142 Å². The number of rotatable bonds is 4. The molecule has 2 aliphatic rings. The van der Waals surface area contributed by atoms with Crippen LogP contribution in [0.5, 0.6) is 0 Å². The van der Waals surface area contributed by atoms with E-state index in [1.54, 1.807) is 0 Å². The summed E-state index contributed by atoms with van der Waals surface area (Å²) in [5.41, 5.74) is 20.9. The molecule has 0 spiro atoms. The minimum atomic E-state index is -0.156. The third-order valence-electron chi connectivity index (χ3n) is 15.9. The molecule has 0 saturated carbocycles. The summed E-state index contributed by atoms with van der Waals surface area (Å²) in [6.45, 7) is 30.8. The van der Waals surface area contributed by atoms with Gasteiger partial charge in [0, 0.05) is 60.3 Å². The maximum atomic E-state index is 2.76. The van der Waals surface area contributed by atoms with Crippen molar-refractivity contribution in [3.8, 4) is 20.9 Å². The number of fused-ring (bicyclic) bond motifs is 10. The highest BCUT2D eigenvalue weighted by atomic mass is 32.1. The monoisotopic (exact) mass is 1020 g/mol. The second kappa shape index (κ2) is 16.3. The number of hydrogen-bond donors (Lipinski definition) is 0. The van der Waals surface area contributed by atoms with E-state index in [-0.39, 0.29) is 23.0 Å². The minimum absolute atomic E-state index is 0.0191. The van der Waals surface area contributed by atoms with E-state index < -0.39 is 0 Å². The molecule has 11 aromatic rings. The molecule has 73 heavy (non-hydrogen) atoms. The number of anilines is 6. The Hall–Kier alpha value is -5.96. The standard InChI is InChI=1S/C66H61BN2S4/c1-36-22-26-45(55-30-40-18-14-16-20-51(40)70-55)38(3)58(36)68-49-34-44(66(11,12)13)35-50-57(49)67(62-60(68)47-32-42(64(5,6)7)24-28-53(47)72-62)63-61(48-33-43(65(8,9)10)25-29-54(48)73-63)69(50)59-37(2)23-27-46(39(59)4)56-31-41-19-15-17-21-52(41)71-56/h14-35H,1-13H3. The zero-order valence-corrected chi connectivity index (χ0v) is 47.6. The van der Waals surface area contributed by atoms with Crippen LogP contribution in [0.1, 0.15) is 101 Å². The van der Waals surface area contributed by atoms with Crippen LogP contribution in [0.4, 0.5) is 34.1 Å². The second-order valence-electron chi connectivity index (χ2n) is 23.9. The van der Waals surface area contributed by atoms with Gasteiger partial charge in [0.05, 0.1) is 22.7 Å². The molecule has 0 bridgehead atoms. The Labute approximate surface area is 447 Å². The van der Waals surface area contributed by atoms with E-state index in [1.807, 2.05) is 45.3 Å². The van der Waals surface area contributed by atoms with Crippen molar-refractivity contribution in [3.63, 3.8) is 0 Å². The Kier molecular flexibility index (Phi) is 10.4. The van der Waals surface area contributed by atoms with Gasteiger partial charge in [0.2, 0.25) is 0 Å². The van der Waals surface area contributed by atoms with Crippen LogP contribution < -0.4 is 24.8 Å². The average Bonchev–Trinajstić information content (AvgIpc) is 4.14. The third-order valence-corrected chi connectivity index (χ3v) is 20.7. The fraction of sp³-hybridized carbons (Fsp3) is 0.242. The summed E-state index contributed by atoms with van der Waals surface area (Å²) in [5, 5.41) is 5.28. The molecule has 2 nitrogen and oxygen atoms in total. The van der Waals surface area contributed by atoms with Crippen LogP contribution in [0.3, 0.4) is 0 Å². The summed E-state index contributed by atoms with van der Waals surface area (Å²) in [5.74, 6) is 0. The maximum absolute atomic E-state index is 2.76. The molecule has 0 unspecified atom stereocenters. The fourth-order valence-electron chi connectivity index (χ4n) is 11.9. The topological polar surface area (TPSA) is 6.48 Å². The lowest BCUT2D eigenvalue weighted by atomic mass is 9.39. The van der Waals surface area contributed by atoms with E-state index in [2.05, 4.69) is 233 Å². The molecule has 362 valence electrons. The second-order valence-corrected chi connectivity index (χ2v) is 28.3. The van der Waals surface area contributed by atoms with Gasteiger partial charge in [-0.25, -0.2) is 0 Å². The molecule has 0 saturated heterocycles. The highest BCUT2D eigenvalue weighted by Gasteiger charge is 2.48. The van der Waals surface area contributed by atoms with E-state index in [0.29, 0.717) is 0 Å². The molecule has 6 heterocycles. The van der Waals surface area contributed by atoms with E-state index in [0.717, 1.165) is 0 Å². The van der Waals surface area contributed by atoms with Gasteiger partial charge in [0.15, 0.2) is 0 Å². The minimum Gasteiger partial charge on any atom is -0.309 e. The largest absolute Gasteiger partial charge is 0.309 e. The van der Waals surface area contributed by atoms with Gasteiger partial charge in [-0.1, -0.05) is 135 Å². The molecule has 13 rings (SSSR count). The first-order valence-corrected chi connectivity index (χ1v) is 29.1. The molecule has 0 fully saturated rings. The van der Waals surface area contributed by atoms with Gasteiger partial charge < -0.3 is 9.80 Å². The summed E-state index contributed by atoms with van der Waals surface area (Å²) in [4.78, 5) is 8.14. The predicted octanol–water partition coefficient (Wildman–Crippen LogP) is 19.1. The first-order valence-electron chi connectivity index (χ1n) is 25.9. The van der Waals surface area contributed by atoms with Gasteiger partial charge in [0.25, 0.3) is 6.71 Å². The zero-order chi connectivity index (χ0) is 50.8. The van der Waals surface area contributed by atoms with Gasteiger partial charge in [-0.05, 0) is 171 Å². The number of hydrogen-bond acceptors (Lipinski definition) is 6. The Morgan fingerprint density at radius 2 is 0.795 bits per heavy atom. The normalized spacial score (nSPS) is 13.7. The highest BCUT2D eigenvalue weighted by Crippen LogP contribution is 2.55. The maximum Gasteiger partial charge on any atom is 0.277 e. The number of thiophene rings is 4. The summed E-state index contributed by atoms with van der Waals surface area (Å²) in [7, 11) is 0. The Balaban J connectivity index is 1.18. The van der Waals surface area contributed by atoms with Crippen LogP contribution in [-0.4, -0.2) is 6.71 Å². The van der Waals surface area contributed by atoms with Crippen molar-refractivity contribution < 1.29 is 0 Å². The third kappa shape index (κ3) is 7.19. The van der Waals surface area contributed by atoms with Crippen molar-refractivity contribution in [3.05, 3.63) is 172 Å². The number of aryl methyl sites for hydroxylation is 2. The molecule has 7 heteroatoms. The van der Waals surface area contributed by atoms with Gasteiger partial charge in [-0.3, -0.25) is 0 Å². The van der Waals surface area contributed by atoms with Crippen LogP contribution in [0.25, 0.3) is 61.2 Å². The molecule has 0 radical (unpaired) electrons. The molecular weight excluding hydrogens is 960 g/mol. The van der Waals surface area contributed by atoms with E-state index in [4.69, 9.17) is 0 Å². The zero-order valence-electron chi connectivity index (χ0n) is 44.3. The van der Waals surface area contributed by atoms with Gasteiger partial charge in [-0.2, -0.15) is 0 Å². The highest BCUT2D eigenvalue weighted by molar-refractivity contribution is 7.40. The lowest BCUT2D eigenvalue weighted by Crippen LogP contribution is -2.59. The van der Waals surface area contributed by atoms with Crippen molar-refractivity contribution in [2.24, 2.45) is 0 Å².